The van der Waals surface area contributed by atoms with Crippen molar-refractivity contribution in [3.05, 3.63) is 58.0 Å². The van der Waals surface area contributed by atoms with Crippen molar-refractivity contribution in [2.24, 2.45) is 7.05 Å². The van der Waals surface area contributed by atoms with Crippen LogP contribution >= 0.6 is 0 Å². The largest absolute Gasteiger partial charge is 0.326 e. The van der Waals surface area contributed by atoms with Gasteiger partial charge in [0.1, 0.15) is 0 Å². The quantitative estimate of drug-likeness (QED) is 0.772. The van der Waals surface area contributed by atoms with Crippen LogP contribution < -0.4 is 10.4 Å². The van der Waals surface area contributed by atoms with Gasteiger partial charge in [-0.1, -0.05) is 12.1 Å². The molecule has 0 atom stereocenters. The fourth-order valence-corrected chi connectivity index (χ4v) is 3.89. The monoisotopic (exact) mass is 331 g/mol. The van der Waals surface area contributed by atoms with Gasteiger partial charge in [-0.25, -0.2) is 13.2 Å². The van der Waals surface area contributed by atoms with E-state index in [1.54, 1.807) is 44.3 Å². The fraction of sp³-hybridized carbons (Fsp3) is 0.188. The number of H-pyrrole nitrogens is 1. The lowest BCUT2D eigenvalue weighted by molar-refractivity contribution is 0.600. The van der Waals surface area contributed by atoms with E-state index in [4.69, 9.17) is 0 Å². The Kier molecular flexibility index (Phi) is 3.52. The molecule has 3 aromatic rings. The maximum atomic E-state index is 12.6. The number of aromatic amines is 1. The first kappa shape index (κ1) is 15.4. The van der Waals surface area contributed by atoms with Crippen molar-refractivity contribution in [3.63, 3.8) is 0 Å². The number of rotatable bonds is 3. The zero-order valence-electron chi connectivity index (χ0n) is 13.0. The normalized spacial score (nSPS) is 11.8. The average molecular weight is 331 g/mol. The predicted molar refractivity (Wildman–Crippen MR) is 90.3 cm³/mol. The number of aromatic nitrogens is 2. The first-order chi connectivity index (χ1) is 10.8. The summed E-state index contributed by atoms with van der Waals surface area (Å²) in [4.78, 5) is 14.5. The molecule has 3 rings (SSSR count). The number of aryl methyl sites for hydroxylation is 3. The summed E-state index contributed by atoms with van der Waals surface area (Å²) >= 11 is 0. The highest BCUT2D eigenvalue weighted by Crippen LogP contribution is 2.22. The molecule has 0 unspecified atom stereocenters. The van der Waals surface area contributed by atoms with E-state index in [2.05, 4.69) is 9.71 Å². The smallest absolute Gasteiger partial charge is 0.305 e. The Hall–Kier alpha value is -2.54. The van der Waals surface area contributed by atoms with Crippen molar-refractivity contribution in [1.82, 2.24) is 9.55 Å². The van der Waals surface area contributed by atoms with Crippen LogP contribution in [0.5, 0.6) is 0 Å². The van der Waals surface area contributed by atoms with Crippen LogP contribution in [0.2, 0.25) is 0 Å². The lowest BCUT2D eigenvalue weighted by Gasteiger charge is -2.11. The van der Waals surface area contributed by atoms with Gasteiger partial charge in [0.2, 0.25) is 0 Å². The minimum absolute atomic E-state index is 0.241. The van der Waals surface area contributed by atoms with Gasteiger partial charge in [-0.2, -0.15) is 0 Å². The fourth-order valence-electron chi connectivity index (χ4n) is 2.51. The third kappa shape index (κ3) is 2.75. The van der Waals surface area contributed by atoms with Gasteiger partial charge in [0, 0.05) is 7.05 Å². The van der Waals surface area contributed by atoms with Gasteiger partial charge in [-0.15, -0.1) is 0 Å². The Morgan fingerprint density at radius 1 is 1.09 bits per heavy atom. The summed E-state index contributed by atoms with van der Waals surface area (Å²) in [7, 11) is -2.03. The zero-order valence-corrected chi connectivity index (χ0v) is 13.9. The minimum atomic E-state index is -3.69. The molecule has 120 valence electrons. The van der Waals surface area contributed by atoms with Crippen LogP contribution in [-0.4, -0.2) is 18.0 Å². The molecule has 1 aromatic heterocycles. The van der Waals surface area contributed by atoms with Crippen LogP contribution in [0.15, 0.2) is 46.1 Å². The number of nitrogens with zero attached hydrogens (tertiary/aromatic N) is 1. The highest BCUT2D eigenvalue weighted by molar-refractivity contribution is 7.92. The third-order valence-corrected chi connectivity index (χ3v) is 5.31. The molecule has 2 N–H and O–H groups in total. The summed E-state index contributed by atoms with van der Waals surface area (Å²) in [5.41, 5.74) is 3.01. The van der Waals surface area contributed by atoms with Crippen LogP contribution in [0.1, 0.15) is 11.1 Å². The molecule has 0 spiro atoms. The summed E-state index contributed by atoms with van der Waals surface area (Å²) in [5.74, 6) is 0. The minimum Gasteiger partial charge on any atom is -0.305 e. The molecule has 23 heavy (non-hydrogen) atoms. The molecule has 0 aliphatic heterocycles. The summed E-state index contributed by atoms with van der Waals surface area (Å²) in [6.45, 7) is 3.60. The number of imidazole rings is 1. The molecule has 0 aliphatic carbocycles. The Balaban J connectivity index is 2.03. The van der Waals surface area contributed by atoms with E-state index in [9.17, 15) is 13.2 Å². The SMILES string of the molecule is Cc1ccc(C)c(S(=O)(=O)Nc2ccc3c(c2)[nH]c(=O)n3C)c1. The maximum Gasteiger partial charge on any atom is 0.326 e. The van der Waals surface area contributed by atoms with Gasteiger partial charge in [-0.3, -0.25) is 9.29 Å². The first-order valence-electron chi connectivity index (χ1n) is 7.07. The molecular weight excluding hydrogens is 314 g/mol. The molecule has 0 saturated heterocycles. The van der Waals surface area contributed by atoms with Crippen molar-refractivity contribution >= 4 is 26.7 Å². The lowest BCUT2D eigenvalue weighted by Crippen LogP contribution is -2.14. The second kappa shape index (κ2) is 5.27. The summed E-state index contributed by atoms with van der Waals surface area (Å²) in [6, 6.07) is 10.2. The van der Waals surface area contributed by atoms with Crippen molar-refractivity contribution in [2.75, 3.05) is 4.72 Å². The van der Waals surface area contributed by atoms with Crippen LogP contribution in [-0.2, 0) is 17.1 Å². The highest BCUT2D eigenvalue weighted by atomic mass is 32.2. The number of nitrogens with one attached hydrogen (secondary N) is 2. The molecule has 1 heterocycles. The van der Waals surface area contributed by atoms with Crippen LogP contribution in [0, 0.1) is 13.8 Å². The topological polar surface area (TPSA) is 84.0 Å². The number of anilines is 1. The van der Waals surface area contributed by atoms with E-state index in [1.165, 1.54) is 4.57 Å². The van der Waals surface area contributed by atoms with E-state index in [0.717, 1.165) is 5.56 Å². The number of hydrogen-bond acceptors (Lipinski definition) is 3. The van der Waals surface area contributed by atoms with Gasteiger partial charge >= 0.3 is 5.69 Å². The van der Waals surface area contributed by atoms with Crippen molar-refractivity contribution in [1.29, 1.82) is 0 Å². The summed E-state index contributed by atoms with van der Waals surface area (Å²) in [5, 5.41) is 0. The van der Waals surface area contributed by atoms with E-state index in [0.29, 0.717) is 22.3 Å². The van der Waals surface area contributed by atoms with Gasteiger partial charge in [0.15, 0.2) is 0 Å². The summed E-state index contributed by atoms with van der Waals surface area (Å²) in [6.07, 6.45) is 0. The Bertz CT molecular complexity index is 1060. The molecule has 2 aromatic carbocycles. The number of fused-ring (bicyclic) bond motifs is 1. The Morgan fingerprint density at radius 2 is 1.83 bits per heavy atom. The molecule has 0 saturated carbocycles. The number of benzene rings is 2. The molecule has 0 radical (unpaired) electrons. The molecule has 7 heteroatoms. The Labute approximate surface area is 133 Å². The molecule has 0 aliphatic rings. The highest BCUT2D eigenvalue weighted by Gasteiger charge is 2.17. The Morgan fingerprint density at radius 3 is 2.57 bits per heavy atom. The van der Waals surface area contributed by atoms with Crippen molar-refractivity contribution in [3.8, 4) is 0 Å². The zero-order chi connectivity index (χ0) is 16.8. The second-order valence-corrected chi connectivity index (χ2v) is 7.25. The number of hydrogen-bond donors (Lipinski definition) is 2. The van der Waals surface area contributed by atoms with E-state index in [-0.39, 0.29) is 10.6 Å². The van der Waals surface area contributed by atoms with E-state index < -0.39 is 10.0 Å². The molecular formula is C16H17N3O3S. The van der Waals surface area contributed by atoms with Crippen LogP contribution in [0.3, 0.4) is 0 Å². The predicted octanol–water partition coefficient (Wildman–Crippen LogP) is 2.28. The van der Waals surface area contributed by atoms with Gasteiger partial charge in [-0.05, 0) is 49.2 Å². The van der Waals surface area contributed by atoms with Gasteiger partial charge in [0.25, 0.3) is 10.0 Å². The van der Waals surface area contributed by atoms with Gasteiger partial charge < -0.3 is 4.98 Å². The first-order valence-corrected chi connectivity index (χ1v) is 8.55. The average Bonchev–Trinajstić information content (AvgIpc) is 2.75. The summed E-state index contributed by atoms with van der Waals surface area (Å²) < 4.78 is 29.2. The number of sulfonamides is 1. The second-order valence-electron chi connectivity index (χ2n) is 5.60. The molecule has 0 fully saturated rings. The molecule has 0 amide bonds. The van der Waals surface area contributed by atoms with E-state index >= 15 is 0 Å². The lowest BCUT2D eigenvalue weighted by atomic mass is 10.2. The van der Waals surface area contributed by atoms with E-state index in [1.807, 2.05) is 13.0 Å². The van der Waals surface area contributed by atoms with Crippen molar-refractivity contribution < 1.29 is 8.42 Å². The van der Waals surface area contributed by atoms with Crippen LogP contribution in [0.25, 0.3) is 11.0 Å². The van der Waals surface area contributed by atoms with Gasteiger partial charge in [0.05, 0.1) is 21.6 Å². The third-order valence-electron chi connectivity index (χ3n) is 3.79. The molecule has 0 bridgehead atoms. The van der Waals surface area contributed by atoms with Crippen molar-refractivity contribution in [2.45, 2.75) is 18.7 Å². The molecule has 6 nitrogen and oxygen atoms in total. The maximum absolute atomic E-state index is 12.6. The van der Waals surface area contributed by atoms with Crippen LogP contribution in [0.4, 0.5) is 5.69 Å². The standard InChI is InChI=1S/C16H17N3O3S/c1-10-4-5-11(2)15(8-10)23(21,22)18-12-6-7-14-13(9-12)17-16(20)19(14)3/h4-9,18H,1-3H3,(H,17,20).